The van der Waals surface area contributed by atoms with E-state index in [1.807, 2.05) is 26.1 Å². The van der Waals surface area contributed by atoms with Crippen LogP contribution in [-0.2, 0) is 17.3 Å². The van der Waals surface area contributed by atoms with Gasteiger partial charge in [-0.2, -0.15) is 22.1 Å². The normalized spacial score (nSPS) is 19.5. The average molecular weight is 364 g/mol. The van der Waals surface area contributed by atoms with Crippen LogP contribution in [0.2, 0.25) is 0 Å². The second-order valence-corrected chi connectivity index (χ2v) is 8.60. The van der Waals surface area contributed by atoms with Gasteiger partial charge in [0.05, 0.1) is 17.4 Å². The summed E-state index contributed by atoms with van der Waals surface area (Å²) >= 11 is 0. The maximum Gasteiger partial charge on any atom is 0.282 e. The van der Waals surface area contributed by atoms with E-state index in [9.17, 15) is 8.42 Å². The molecule has 9 heteroatoms. The lowest BCUT2D eigenvalue weighted by molar-refractivity contribution is 0.234. The van der Waals surface area contributed by atoms with Gasteiger partial charge in [-0.25, -0.2) is 9.97 Å². The van der Waals surface area contributed by atoms with Crippen LogP contribution in [0.5, 0.6) is 0 Å². The first kappa shape index (κ1) is 18.0. The molecule has 0 aliphatic carbocycles. The third-order valence-electron chi connectivity index (χ3n) is 4.46. The Labute approximate surface area is 148 Å². The molecule has 25 heavy (non-hydrogen) atoms. The maximum absolute atomic E-state index is 12.7. The third-order valence-corrected chi connectivity index (χ3v) is 6.42. The van der Waals surface area contributed by atoms with Crippen molar-refractivity contribution in [2.24, 2.45) is 7.05 Å². The van der Waals surface area contributed by atoms with Crippen LogP contribution in [0.4, 0.5) is 0 Å². The van der Waals surface area contributed by atoms with E-state index in [1.165, 1.54) is 8.61 Å². The average Bonchev–Trinajstić information content (AvgIpc) is 3.00. The van der Waals surface area contributed by atoms with Gasteiger partial charge in [-0.3, -0.25) is 4.68 Å². The zero-order chi connectivity index (χ0) is 18.2. The smallest absolute Gasteiger partial charge is 0.266 e. The highest BCUT2D eigenvalue weighted by Gasteiger charge is 2.36. The summed E-state index contributed by atoms with van der Waals surface area (Å²) in [5.74, 6) is 0.557. The van der Waals surface area contributed by atoms with E-state index < -0.39 is 10.2 Å². The van der Waals surface area contributed by atoms with E-state index >= 15 is 0 Å². The van der Waals surface area contributed by atoms with E-state index in [0.717, 1.165) is 36.3 Å². The van der Waals surface area contributed by atoms with Crippen molar-refractivity contribution in [3.63, 3.8) is 0 Å². The summed E-state index contributed by atoms with van der Waals surface area (Å²) in [6.45, 7) is 2.39. The standard InChI is InChI=1S/C16H24N6O2S/c1-12-11-13(14-8-9-17-21(14)4)19-16(18-12)15-7-5-6-10-22(15)25(23,24)20(2)3/h8-9,11,15H,5-7,10H2,1-4H3/t15-/m0/s1. The lowest BCUT2D eigenvalue weighted by Crippen LogP contribution is -2.45. The van der Waals surface area contributed by atoms with Crippen LogP contribution in [0, 0.1) is 6.92 Å². The molecule has 1 atom stereocenters. The highest BCUT2D eigenvalue weighted by atomic mass is 32.2. The van der Waals surface area contributed by atoms with Crippen molar-refractivity contribution in [2.45, 2.75) is 32.2 Å². The Kier molecular flexibility index (Phi) is 4.90. The third kappa shape index (κ3) is 3.44. The second-order valence-electron chi connectivity index (χ2n) is 6.51. The Morgan fingerprint density at radius 3 is 2.64 bits per heavy atom. The summed E-state index contributed by atoms with van der Waals surface area (Å²) in [5, 5.41) is 4.19. The summed E-state index contributed by atoms with van der Waals surface area (Å²) in [4.78, 5) is 9.24. The molecule has 2 aromatic rings. The van der Waals surface area contributed by atoms with Crippen molar-refractivity contribution in [3.05, 3.63) is 29.8 Å². The predicted octanol–water partition coefficient (Wildman–Crippen LogP) is 1.52. The van der Waals surface area contributed by atoms with Crippen LogP contribution in [0.3, 0.4) is 0 Å². The summed E-state index contributed by atoms with van der Waals surface area (Å²) in [5.41, 5.74) is 2.45. The Hall–Kier alpha value is -1.84. The fourth-order valence-electron chi connectivity index (χ4n) is 3.15. The molecule has 1 aliphatic heterocycles. The molecule has 0 radical (unpaired) electrons. The molecule has 1 saturated heterocycles. The van der Waals surface area contributed by atoms with Crippen molar-refractivity contribution >= 4 is 10.2 Å². The van der Waals surface area contributed by atoms with Gasteiger partial charge in [0.25, 0.3) is 10.2 Å². The van der Waals surface area contributed by atoms with Gasteiger partial charge in [0.2, 0.25) is 0 Å². The minimum absolute atomic E-state index is 0.340. The Bertz CT molecular complexity index is 861. The highest BCUT2D eigenvalue weighted by molar-refractivity contribution is 7.86. The molecule has 0 saturated carbocycles. The largest absolute Gasteiger partial charge is 0.282 e. The molecule has 0 unspecified atom stereocenters. The summed E-state index contributed by atoms with van der Waals surface area (Å²) in [6.07, 6.45) is 4.25. The van der Waals surface area contributed by atoms with E-state index in [0.29, 0.717) is 12.4 Å². The molecule has 3 rings (SSSR count). The zero-order valence-electron chi connectivity index (χ0n) is 15.0. The lowest BCUT2D eigenvalue weighted by Gasteiger charge is -2.35. The van der Waals surface area contributed by atoms with Crippen LogP contribution >= 0.6 is 0 Å². The molecule has 0 N–H and O–H groups in total. The van der Waals surface area contributed by atoms with Crippen molar-refractivity contribution in [2.75, 3.05) is 20.6 Å². The Balaban J connectivity index is 2.05. The van der Waals surface area contributed by atoms with E-state index in [1.54, 1.807) is 25.0 Å². The maximum atomic E-state index is 12.7. The van der Waals surface area contributed by atoms with Gasteiger partial charge in [-0.15, -0.1) is 0 Å². The quantitative estimate of drug-likeness (QED) is 0.821. The minimum Gasteiger partial charge on any atom is -0.266 e. The molecule has 1 fully saturated rings. The molecule has 2 aromatic heterocycles. The summed E-state index contributed by atoms with van der Waals surface area (Å²) < 4.78 is 29.9. The second kappa shape index (κ2) is 6.81. The fourth-order valence-corrected chi connectivity index (χ4v) is 4.45. The number of aromatic nitrogens is 4. The van der Waals surface area contributed by atoms with E-state index in [4.69, 9.17) is 0 Å². The fraction of sp³-hybridized carbons (Fsp3) is 0.562. The number of rotatable bonds is 4. The number of piperidine rings is 1. The number of hydrogen-bond acceptors (Lipinski definition) is 5. The summed E-state index contributed by atoms with van der Waals surface area (Å²) in [7, 11) is 1.45. The molecule has 0 amide bonds. The van der Waals surface area contributed by atoms with Crippen LogP contribution in [0.15, 0.2) is 18.3 Å². The van der Waals surface area contributed by atoms with E-state index in [2.05, 4.69) is 15.1 Å². The van der Waals surface area contributed by atoms with Crippen LogP contribution in [0.25, 0.3) is 11.4 Å². The van der Waals surface area contributed by atoms with Gasteiger partial charge < -0.3 is 0 Å². The molecule has 0 bridgehead atoms. The number of hydrogen-bond donors (Lipinski definition) is 0. The van der Waals surface area contributed by atoms with Gasteiger partial charge in [0.15, 0.2) is 0 Å². The van der Waals surface area contributed by atoms with Crippen LogP contribution in [-0.4, -0.2) is 57.4 Å². The number of nitrogens with zero attached hydrogens (tertiary/aromatic N) is 6. The molecule has 136 valence electrons. The van der Waals surface area contributed by atoms with Gasteiger partial charge >= 0.3 is 0 Å². The van der Waals surface area contributed by atoms with Crippen molar-refractivity contribution in [1.82, 2.24) is 28.4 Å². The van der Waals surface area contributed by atoms with Crippen molar-refractivity contribution in [1.29, 1.82) is 0 Å². The van der Waals surface area contributed by atoms with Gasteiger partial charge in [-0.05, 0) is 31.9 Å². The van der Waals surface area contributed by atoms with Gasteiger partial charge in [-0.1, -0.05) is 6.42 Å². The molecule has 8 nitrogen and oxygen atoms in total. The Morgan fingerprint density at radius 2 is 2.00 bits per heavy atom. The first-order valence-electron chi connectivity index (χ1n) is 8.34. The summed E-state index contributed by atoms with van der Waals surface area (Å²) in [6, 6.07) is 3.45. The first-order valence-corrected chi connectivity index (χ1v) is 9.73. The topological polar surface area (TPSA) is 84.2 Å². The van der Waals surface area contributed by atoms with Crippen molar-refractivity contribution < 1.29 is 8.42 Å². The van der Waals surface area contributed by atoms with Gasteiger partial charge in [0, 0.05) is 39.6 Å². The molecule has 0 aromatic carbocycles. The predicted molar refractivity (Wildman–Crippen MR) is 94.9 cm³/mol. The molecular formula is C16H24N6O2S. The zero-order valence-corrected chi connectivity index (χ0v) is 15.9. The minimum atomic E-state index is -3.52. The van der Waals surface area contributed by atoms with Crippen LogP contribution in [0.1, 0.15) is 36.8 Å². The Morgan fingerprint density at radius 1 is 1.24 bits per heavy atom. The first-order chi connectivity index (χ1) is 11.8. The highest BCUT2D eigenvalue weighted by Crippen LogP contribution is 2.33. The molecule has 1 aliphatic rings. The number of aryl methyl sites for hydroxylation is 2. The molecular weight excluding hydrogens is 340 g/mol. The van der Waals surface area contributed by atoms with Crippen LogP contribution < -0.4 is 0 Å². The SMILES string of the molecule is Cc1cc(-c2ccnn2C)nc([C@@H]2CCCCN2S(=O)(=O)N(C)C)n1. The molecule has 3 heterocycles. The lowest BCUT2D eigenvalue weighted by atomic mass is 10.0. The van der Waals surface area contributed by atoms with E-state index in [-0.39, 0.29) is 6.04 Å². The van der Waals surface area contributed by atoms with Gasteiger partial charge in [0.1, 0.15) is 5.82 Å². The molecule has 0 spiro atoms. The van der Waals surface area contributed by atoms with Crippen molar-refractivity contribution in [3.8, 4) is 11.4 Å². The monoisotopic (exact) mass is 364 g/mol.